The van der Waals surface area contributed by atoms with Crippen molar-refractivity contribution in [3.63, 3.8) is 0 Å². The summed E-state index contributed by atoms with van der Waals surface area (Å²) in [6.45, 7) is 0. The Morgan fingerprint density at radius 1 is 1.15 bits per heavy atom. The summed E-state index contributed by atoms with van der Waals surface area (Å²) >= 11 is 0. The van der Waals surface area contributed by atoms with Gasteiger partial charge in [-0.05, 0) is 12.8 Å². The number of halogens is 2. The zero-order valence-corrected chi connectivity index (χ0v) is 7.21. The monoisotopic (exact) mass is 190 g/mol. The minimum atomic E-state index is -3.01. The molecule has 2 heterocycles. The topological polar surface area (TPSA) is 18.5 Å². The van der Waals surface area contributed by atoms with Crippen molar-refractivity contribution < 1.29 is 18.3 Å². The Morgan fingerprint density at radius 2 is 1.92 bits per heavy atom. The van der Waals surface area contributed by atoms with Crippen LogP contribution in [0.4, 0.5) is 8.78 Å². The maximum absolute atomic E-state index is 12.8. The molecule has 2 nitrogen and oxygen atoms in total. The Morgan fingerprint density at radius 3 is 2.69 bits per heavy atom. The highest BCUT2D eigenvalue weighted by Crippen LogP contribution is 2.52. The van der Waals surface area contributed by atoms with Gasteiger partial charge in [-0.25, -0.2) is 0 Å². The normalized spacial score (nSPS) is 52.2. The molecule has 13 heavy (non-hydrogen) atoms. The molecule has 0 radical (unpaired) electrons. The predicted molar refractivity (Wildman–Crippen MR) is 40.4 cm³/mol. The highest BCUT2D eigenvalue weighted by atomic mass is 19.3. The van der Waals surface area contributed by atoms with Gasteiger partial charge in [-0.3, -0.25) is 0 Å². The van der Waals surface area contributed by atoms with E-state index in [1.54, 1.807) is 0 Å². The summed E-state index contributed by atoms with van der Waals surface area (Å²) in [6.07, 6.45) is -0.0892. The van der Waals surface area contributed by atoms with Crippen LogP contribution in [0.25, 0.3) is 0 Å². The first-order valence-corrected chi connectivity index (χ1v) is 4.89. The number of ether oxygens (including phenoxy) is 2. The predicted octanol–water partition coefficient (Wildman–Crippen LogP) is 1.94. The highest BCUT2D eigenvalue weighted by Gasteiger charge is 2.67. The van der Waals surface area contributed by atoms with Crippen molar-refractivity contribution >= 4 is 0 Å². The maximum atomic E-state index is 12.8. The van der Waals surface area contributed by atoms with Crippen LogP contribution in [0.15, 0.2) is 0 Å². The van der Waals surface area contributed by atoms with E-state index >= 15 is 0 Å². The summed E-state index contributed by atoms with van der Waals surface area (Å²) in [7, 11) is 0. The second-order valence-corrected chi connectivity index (χ2v) is 4.19. The van der Waals surface area contributed by atoms with E-state index in [1.165, 1.54) is 0 Å². The van der Waals surface area contributed by atoms with Gasteiger partial charge in [-0.2, -0.15) is 8.78 Å². The van der Waals surface area contributed by atoms with E-state index in [-0.39, 0.29) is 18.1 Å². The molecule has 0 N–H and O–H groups in total. The third kappa shape index (κ3) is 0.987. The number of fused-ring (bicyclic) bond motifs is 3. The molecule has 0 bridgehead atoms. The molecular formula is C9H12F2O2. The number of rotatable bonds is 0. The number of alkyl halides is 2. The molecule has 2 saturated heterocycles. The molecule has 1 aliphatic carbocycles. The molecular weight excluding hydrogens is 178 g/mol. The van der Waals surface area contributed by atoms with E-state index in [1.807, 2.05) is 0 Å². The van der Waals surface area contributed by atoms with E-state index < -0.39 is 12.2 Å². The number of hydrogen-bond acceptors (Lipinski definition) is 2. The van der Waals surface area contributed by atoms with Gasteiger partial charge in [0, 0.05) is 5.92 Å². The molecule has 0 spiro atoms. The molecule has 0 aromatic rings. The summed E-state index contributed by atoms with van der Waals surface area (Å²) in [5.74, 6) is 0.235. The van der Waals surface area contributed by atoms with Gasteiger partial charge in [0.05, 0.1) is 6.10 Å². The Hall–Kier alpha value is -0.220. The minimum Gasteiger partial charge on any atom is -0.363 e. The molecule has 4 atom stereocenters. The van der Waals surface area contributed by atoms with Crippen LogP contribution >= 0.6 is 0 Å². The van der Waals surface area contributed by atoms with Gasteiger partial charge in [0.25, 0.3) is 0 Å². The van der Waals surface area contributed by atoms with Gasteiger partial charge in [0.2, 0.25) is 0 Å². The Labute approximate surface area is 75.2 Å². The van der Waals surface area contributed by atoms with Gasteiger partial charge in [-0.1, -0.05) is 12.8 Å². The van der Waals surface area contributed by atoms with Crippen LogP contribution in [0.2, 0.25) is 0 Å². The Kier molecular flexibility index (Phi) is 1.51. The zero-order chi connectivity index (χ0) is 9.05. The lowest BCUT2D eigenvalue weighted by atomic mass is 9.82. The van der Waals surface area contributed by atoms with Crippen LogP contribution in [-0.4, -0.2) is 24.4 Å². The molecule has 3 aliphatic rings. The summed E-state index contributed by atoms with van der Waals surface area (Å²) in [5.41, 5.74) is 0. The molecule has 3 rings (SSSR count). The molecule has 0 aromatic carbocycles. The second-order valence-electron chi connectivity index (χ2n) is 4.19. The lowest BCUT2D eigenvalue weighted by Crippen LogP contribution is -2.58. The van der Waals surface area contributed by atoms with Crippen LogP contribution in [0, 0.1) is 5.92 Å². The van der Waals surface area contributed by atoms with Crippen molar-refractivity contribution in [3.8, 4) is 0 Å². The van der Waals surface area contributed by atoms with Crippen LogP contribution in [-0.2, 0) is 9.47 Å². The van der Waals surface area contributed by atoms with E-state index in [0.29, 0.717) is 0 Å². The lowest BCUT2D eigenvalue weighted by Gasteiger charge is -2.40. The third-order valence-electron chi connectivity index (χ3n) is 3.42. The summed E-state index contributed by atoms with van der Waals surface area (Å²) < 4.78 is 35.4. The highest BCUT2D eigenvalue weighted by molar-refractivity contribution is 5.03. The van der Waals surface area contributed by atoms with E-state index in [4.69, 9.17) is 4.74 Å². The van der Waals surface area contributed by atoms with E-state index in [2.05, 4.69) is 4.74 Å². The second kappa shape index (κ2) is 2.42. The fourth-order valence-electron chi connectivity index (χ4n) is 2.76. The molecule has 0 amide bonds. The molecule has 74 valence electrons. The van der Waals surface area contributed by atoms with Crippen molar-refractivity contribution in [1.29, 1.82) is 0 Å². The molecule has 3 fully saturated rings. The fraction of sp³-hybridized carbons (Fsp3) is 1.00. The first-order chi connectivity index (χ1) is 6.18. The maximum Gasteiger partial charge on any atom is 0.384 e. The zero-order valence-electron chi connectivity index (χ0n) is 7.21. The number of hydrogen-bond donors (Lipinski definition) is 0. The average Bonchev–Trinajstić information content (AvgIpc) is 2.42. The third-order valence-corrected chi connectivity index (χ3v) is 3.42. The quantitative estimate of drug-likeness (QED) is 0.581. The van der Waals surface area contributed by atoms with Gasteiger partial charge >= 0.3 is 6.11 Å². The largest absolute Gasteiger partial charge is 0.384 e. The molecule has 4 heteroatoms. The van der Waals surface area contributed by atoms with Gasteiger partial charge in [0.15, 0.2) is 6.10 Å². The molecule has 0 unspecified atom stereocenters. The first kappa shape index (κ1) is 8.12. The molecule has 1 saturated carbocycles. The summed E-state index contributed by atoms with van der Waals surface area (Å²) in [4.78, 5) is 0. The van der Waals surface area contributed by atoms with Crippen molar-refractivity contribution in [1.82, 2.24) is 0 Å². The van der Waals surface area contributed by atoms with Crippen molar-refractivity contribution in [3.05, 3.63) is 0 Å². The van der Waals surface area contributed by atoms with Crippen molar-refractivity contribution in [2.24, 2.45) is 5.92 Å². The van der Waals surface area contributed by atoms with Gasteiger partial charge in [-0.15, -0.1) is 0 Å². The van der Waals surface area contributed by atoms with Crippen LogP contribution in [0.1, 0.15) is 25.7 Å². The van der Waals surface area contributed by atoms with Gasteiger partial charge in [0.1, 0.15) is 6.10 Å². The average molecular weight is 190 g/mol. The van der Waals surface area contributed by atoms with Crippen LogP contribution in [0.3, 0.4) is 0 Å². The van der Waals surface area contributed by atoms with Crippen LogP contribution < -0.4 is 0 Å². The SMILES string of the molecule is FC1(F)O[C@@H]2[C@@H]3CCCC[C@H]3O[C@@H]21. The van der Waals surface area contributed by atoms with Crippen molar-refractivity contribution in [2.45, 2.75) is 50.1 Å². The molecule has 2 aliphatic heterocycles. The molecule has 0 aromatic heterocycles. The minimum absolute atomic E-state index is 0.0390. The van der Waals surface area contributed by atoms with Gasteiger partial charge < -0.3 is 9.47 Å². The van der Waals surface area contributed by atoms with Crippen LogP contribution in [0.5, 0.6) is 0 Å². The smallest absolute Gasteiger partial charge is 0.363 e. The Balaban J connectivity index is 1.79. The fourth-order valence-corrected chi connectivity index (χ4v) is 2.76. The lowest BCUT2D eigenvalue weighted by molar-refractivity contribution is -0.401. The van der Waals surface area contributed by atoms with E-state index in [9.17, 15) is 8.78 Å². The standard InChI is InChI=1S/C9H12F2O2/c10-9(11)8-7(13-9)5-3-1-2-4-6(5)12-8/h5-8H,1-4H2/t5-,6-,7-,8+/m1/s1. The Bertz CT molecular complexity index is 230. The van der Waals surface area contributed by atoms with E-state index in [0.717, 1.165) is 25.7 Å². The van der Waals surface area contributed by atoms with Crippen molar-refractivity contribution in [2.75, 3.05) is 0 Å². The summed E-state index contributed by atoms with van der Waals surface area (Å²) in [6, 6.07) is 0. The first-order valence-electron chi connectivity index (χ1n) is 4.89. The summed E-state index contributed by atoms with van der Waals surface area (Å²) in [5, 5.41) is 0.